The van der Waals surface area contributed by atoms with Crippen LogP contribution in [-0.4, -0.2) is 90.9 Å². The molecule has 1 spiro atoms. The highest BCUT2D eigenvalue weighted by atomic mass is 19.4. The maximum atomic E-state index is 12.5. The van der Waals surface area contributed by atoms with Gasteiger partial charge in [-0.3, -0.25) is 4.79 Å². The average molecular weight is 626 g/mol. The summed E-state index contributed by atoms with van der Waals surface area (Å²) in [6, 6.07) is 1.97. The Morgan fingerprint density at radius 1 is 1.05 bits per heavy atom. The molecule has 1 amide bonds. The number of carboxylic acid groups (broad SMARTS) is 2. The normalized spacial score (nSPS) is 18.0. The maximum Gasteiger partial charge on any atom is 0.490 e. The molecule has 19 heteroatoms. The number of carbonyl (C=O) groups excluding carboxylic acids is 1. The molecule has 43 heavy (non-hydrogen) atoms. The standard InChI is InChI=1S/C20H27N7O2.2C2HF3O2/c1-15-11-16(2)24-19(23-15)27-9-3-5-20(13-27)12-17(25-29-20)18(28)22-6-4-8-26-10-7-21-14-26;2*3-2(4,5)1(6)7/h7,10-11,14H,3-6,8-9,12-13H2,1-2H3,(H,22,28);2*(H,6,7). The first kappa shape index (κ1) is 34.7. The number of amides is 1. The lowest BCUT2D eigenvalue weighted by Gasteiger charge is -2.38. The third-order valence-corrected chi connectivity index (χ3v) is 5.82. The Labute approximate surface area is 240 Å². The number of halogens is 6. The molecule has 1 atom stereocenters. The second-order valence-corrected chi connectivity index (χ2v) is 9.48. The lowest BCUT2D eigenvalue weighted by Crippen LogP contribution is -2.49. The molecule has 4 heterocycles. The number of carbonyl (C=O) groups is 3. The Morgan fingerprint density at radius 2 is 1.63 bits per heavy atom. The zero-order valence-electron chi connectivity index (χ0n) is 22.9. The summed E-state index contributed by atoms with van der Waals surface area (Å²) in [5, 5.41) is 21.3. The number of anilines is 1. The van der Waals surface area contributed by atoms with Gasteiger partial charge < -0.3 is 29.8 Å². The van der Waals surface area contributed by atoms with Crippen molar-refractivity contribution < 1.29 is 55.8 Å². The van der Waals surface area contributed by atoms with Crippen molar-refractivity contribution in [3.63, 3.8) is 0 Å². The number of imidazole rings is 1. The van der Waals surface area contributed by atoms with Crippen molar-refractivity contribution in [3.8, 4) is 0 Å². The molecule has 0 radical (unpaired) electrons. The third-order valence-electron chi connectivity index (χ3n) is 5.82. The smallest absolute Gasteiger partial charge is 0.475 e. The van der Waals surface area contributed by atoms with E-state index in [4.69, 9.17) is 24.6 Å². The average Bonchev–Trinajstić information content (AvgIpc) is 3.56. The van der Waals surface area contributed by atoms with E-state index < -0.39 is 29.9 Å². The summed E-state index contributed by atoms with van der Waals surface area (Å²) in [4.78, 5) is 51.4. The number of aliphatic carboxylic acids is 2. The molecular weight excluding hydrogens is 596 g/mol. The van der Waals surface area contributed by atoms with Gasteiger partial charge in [0.05, 0.1) is 12.9 Å². The molecule has 2 aromatic heterocycles. The molecule has 2 aromatic rings. The van der Waals surface area contributed by atoms with Crippen LogP contribution in [0.4, 0.5) is 32.3 Å². The minimum atomic E-state index is -5.08. The first-order valence-electron chi connectivity index (χ1n) is 12.6. The summed E-state index contributed by atoms with van der Waals surface area (Å²) in [6.07, 6.45) is -1.57. The van der Waals surface area contributed by atoms with Crippen LogP contribution in [0, 0.1) is 13.8 Å². The predicted octanol–water partition coefficient (Wildman–Crippen LogP) is 2.88. The lowest BCUT2D eigenvalue weighted by molar-refractivity contribution is -0.193. The van der Waals surface area contributed by atoms with Crippen LogP contribution < -0.4 is 10.2 Å². The number of hydrogen-bond donors (Lipinski definition) is 3. The number of aromatic nitrogens is 4. The van der Waals surface area contributed by atoms with Gasteiger partial charge in [-0.05, 0) is 39.2 Å². The van der Waals surface area contributed by atoms with Crippen molar-refractivity contribution in [2.75, 3.05) is 24.5 Å². The lowest BCUT2D eigenvalue weighted by atomic mass is 9.88. The first-order chi connectivity index (χ1) is 19.9. The predicted molar refractivity (Wildman–Crippen MR) is 136 cm³/mol. The van der Waals surface area contributed by atoms with E-state index in [1.165, 1.54) is 0 Å². The molecule has 1 saturated heterocycles. The van der Waals surface area contributed by atoms with Gasteiger partial charge in [0.2, 0.25) is 5.95 Å². The van der Waals surface area contributed by atoms with Gasteiger partial charge in [-0.1, -0.05) is 5.16 Å². The van der Waals surface area contributed by atoms with E-state index in [2.05, 4.69) is 30.3 Å². The van der Waals surface area contributed by atoms with Crippen molar-refractivity contribution in [3.05, 3.63) is 36.2 Å². The van der Waals surface area contributed by atoms with Crippen LogP contribution in [-0.2, 0) is 25.8 Å². The summed E-state index contributed by atoms with van der Waals surface area (Å²) < 4.78 is 65.5. The Morgan fingerprint density at radius 3 is 2.14 bits per heavy atom. The highest BCUT2D eigenvalue weighted by molar-refractivity contribution is 6.39. The molecule has 2 aliphatic heterocycles. The Hall–Kier alpha value is -4.45. The highest BCUT2D eigenvalue weighted by Crippen LogP contribution is 2.34. The molecule has 4 rings (SSSR count). The fourth-order valence-corrected chi connectivity index (χ4v) is 3.96. The Kier molecular flexibility index (Phi) is 11.8. The van der Waals surface area contributed by atoms with Gasteiger partial charge >= 0.3 is 24.3 Å². The van der Waals surface area contributed by atoms with Crippen LogP contribution in [0.5, 0.6) is 0 Å². The monoisotopic (exact) mass is 625 g/mol. The Balaban J connectivity index is 0.000000384. The summed E-state index contributed by atoms with van der Waals surface area (Å²) in [6.45, 7) is 6.87. The summed E-state index contributed by atoms with van der Waals surface area (Å²) >= 11 is 0. The van der Waals surface area contributed by atoms with Crippen LogP contribution in [0.2, 0.25) is 0 Å². The topological polar surface area (TPSA) is 172 Å². The second-order valence-electron chi connectivity index (χ2n) is 9.48. The van der Waals surface area contributed by atoms with Gasteiger partial charge in [-0.25, -0.2) is 24.5 Å². The third kappa shape index (κ3) is 11.4. The van der Waals surface area contributed by atoms with Crippen LogP contribution >= 0.6 is 0 Å². The number of nitrogens with zero attached hydrogens (tertiary/aromatic N) is 6. The van der Waals surface area contributed by atoms with E-state index in [0.29, 0.717) is 25.2 Å². The van der Waals surface area contributed by atoms with Gasteiger partial charge in [0, 0.05) is 49.8 Å². The number of piperidine rings is 1. The summed E-state index contributed by atoms with van der Waals surface area (Å²) in [7, 11) is 0. The van der Waals surface area contributed by atoms with Gasteiger partial charge in [0.1, 0.15) is 5.71 Å². The molecule has 1 unspecified atom stereocenters. The highest BCUT2D eigenvalue weighted by Gasteiger charge is 2.45. The van der Waals surface area contributed by atoms with Crippen molar-refractivity contribution in [2.45, 2.75) is 64.0 Å². The van der Waals surface area contributed by atoms with E-state index in [0.717, 1.165) is 49.7 Å². The van der Waals surface area contributed by atoms with Gasteiger partial charge in [0.25, 0.3) is 5.91 Å². The number of nitrogens with one attached hydrogen (secondary N) is 1. The number of hydrogen-bond acceptors (Lipinski definition) is 9. The summed E-state index contributed by atoms with van der Waals surface area (Å²) in [5.74, 6) is -4.94. The molecule has 1 fully saturated rings. The van der Waals surface area contributed by atoms with Crippen LogP contribution in [0.25, 0.3) is 0 Å². The summed E-state index contributed by atoms with van der Waals surface area (Å²) in [5.41, 5.74) is 1.90. The van der Waals surface area contributed by atoms with E-state index >= 15 is 0 Å². The molecule has 2 aliphatic rings. The molecule has 0 aliphatic carbocycles. The zero-order valence-corrected chi connectivity index (χ0v) is 22.9. The van der Waals surface area contributed by atoms with E-state index in [1.54, 1.807) is 12.5 Å². The van der Waals surface area contributed by atoms with Crippen molar-refractivity contribution >= 4 is 29.5 Å². The molecular formula is C24H29F6N7O6. The fraction of sp³-hybridized carbons (Fsp3) is 0.542. The zero-order chi connectivity index (χ0) is 32.4. The maximum absolute atomic E-state index is 12.5. The van der Waals surface area contributed by atoms with Crippen molar-refractivity contribution in [1.29, 1.82) is 0 Å². The number of rotatable bonds is 6. The molecule has 0 bridgehead atoms. The molecule has 3 N–H and O–H groups in total. The number of carboxylic acids is 2. The fourth-order valence-electron chi connectivity index (χ4n) is 3.96. The van der Waals surface area contributed by atoms with Crippen molar-refractivity contribution in [2.24, 2.45) is 5.16 Å². The minimum absolute atomic E-state index is 0.146. The minimum Gasteiger partial charge on any atom is -0.475 e. The van der Waals surface area contributed by atoms with Gasteiger partial charge in [-0.15, -0.1) is 0 Å². The molecule has 0 saturated carbocycles. The molecule has 238 valence electrons. The van der Waals surface area contributed by atoms with Gasteiger partial charge in [-0.2, -0.15) is 26.3 Å². The van der Waals surface area contributed by atoms with E-state index in [-0.39, 0.29) is 5.91 Å². The number of aryl methyl sites for hydroxylation is 3. The largest absolute Gasteiger partial charge is 0.490 e. The number of alkyl halides is 6. The van der Waals surface area contributed by atoms with Crippen LogP contribution in [0.3, 0.4) is 0 Å². The van der Waals surface area contributed by atoms with E-state index in [9.17, 15) is 31.1 Å². The van der Waals surface area contributed by atoms with Crippen LogP contribution in [0.15, 0.2) is 29.9 Å². The Bertz CT molecular complexity index is 1240. The molecule has 0 aromatic carbocycles. The molecule has 13 nitrogen and oxygen atoms in total. The number of oxime groups is 1. The first-order valence-corrected chi connectivity index (χ1v) is 12.6. The van der Waals surface area contributed by atoms with Crippen molar-refractivity contribution in [1.82, 2.24) is 24.8 Å². The second kappa shape index (κ2) is 14.6. The van der Waals surface area contributed by atoms with Gasteiger partial charge in [0.15, 0.2) is 5.60 Å². The van der Waals surface area contributed by atoms with Crippen LogP contribution in [0.1, 0.15) is 37.1 Å². The van der Waals surface area contributed by atoms with E-state index in [1.807, 2.05) is 30.7 Å². The quantitative estimate of drug-likeness (QED) is 0.320. The SMILES string of the molecule is Cc1cc(C)nc(N2CCCC3(CC(C(=O)NCCCn4ccnc4)=NO3)C2)n1.O=C(O)C(F)(F)F.O=C(O)C(F)(F)F.